The zero-order chi connectivity index (χ0) is 19.2. The second kappa shape index (κ2) is 8.66. The molecule has 0 saturated carbocycles. The summed E-state index contributed by atoms with van der Waals surface area (Å²) in [6.07, 6.45) is 3.93. The van der Waals surface area contributed by atoms with Crippen LogP contribution >= 0.6 is 0 Å². The summed E-state index contributed by atoms with van der Waals surface area (Å²) >= 11 is 0. The molecule has 0 unspecified atom stereocenters. The van der Waals surface area contributed by atoms with E-state index in [1.54, 1.807) is 11.6 Å². The number of carbonyl (C=O) groups excluding carboxylic acids is 1. The summed E-state index contributed by atoms with van der Waals surface area (Å²) in [6, 6.07) is 16.7. The quantitative estimate of drug-likeness (QED) is 0.261. The van der Waals surface area contributed by atoms with E-state index in [0.717, 1.165) is 25.1 Å². The van der Waals surface area contributed by atoms with E-state index >= 15 is 0 Å². The van der Waals surface area contributed by atoms with Gasteiger partial charge >= 0.3 is 0 Å². The summed E-state index contributed by atoms with van der Waals surface area (Å²) in [7, 11) is 2.11. The van der Waals surface area contributed by atoms with Gasteiger partial charge in [0.15, 0.2) is 0 Å². The lowest BCUT2D eigenvalue weighted by molar-refractivity contribution is -0.124. The van der Waals surface area contributed by atoms with Gasteiger partial charge < -0.3 is 9.88 Å². The zero-order valence-corrected chi connectivity index (χ0v) is 15.7. The van der Waals surface area contributed by atoms with E-state index in [9.17, 15) is 4.79 Å². The first-order valence-corrected chi connectivity index (χ1v) is 9.04. The Bertz CT molecular complexity index is 956. The first-order valence-electron chi connectivity index (χ1n) is 9.04. The number of amides is 1. The maximum atomic E-state index is 11.0. The summed E-state index contributed by atoms with van der Waals surface area (Å²) in [6.45, 7) is 3.84. The van der Waals surface area contributed by atoms with Gasteiger partial charge in [-0.05, 0) is 54.8 Å². The minimum absolute atomic E-state index is 0.538. The van der Waals surface area contributed by atoms with Crippen LogP contribution < -0.4 is 10.8 Å². The number of hydroxylamine groups is 1. The minimum Gasteiger partial charge on any atom is -0.348 e. The third-order valence-corrected chi connectivity index (χ3v) is 4.83. The summed E-state index contributed by atoms with van der Waals surface area (Å²) in [5.74, 6) is -0.538. The SMILES string of the molecule is Cc1cc2c(CCNCc3ccc(/C=C/C(=O)NO)cc3)cccc2n1C. The second-order valence-electron chi connectivity index (χ2n) is 6.67. The number of aromatic nitrogens is 1. The molecule has 0 aliphatic rings. The Morgan fingerprint density at radius 2 is 1.96 bits per heavy atom. The van der Waals surface area contributed by atoms with Gasteiger partial charge in [0, 0.05) is 36.3 Å². The molecule has 3 N–H and O–H groups in total. The number of nitrogens with zero attached hydrogens (tertiary/aromatic N) is 1. The molecule has 5 nitrogen and oxygen atoms in total. The fourth-order valence-corrected chi connectivity index (χ4v) is 3.18. The number of aryl methyl sites for hydroxylation is 2. The largest absolute Gasteiger partial charge is 0.348 e. The Kier molecular flexibility index (Phi) is 6.06. The Hall–Kier alpha value is -2.89. The molecule has 0 bridgehead atoms. The maximum absolute atomic E-state index is 11.0. The molecular weight excluding hydrogens is 338 g/mol. The lowest BCUT2D eigenvalue weighted by Gasteiger charge is -2.07. The van der Waals surface area contributed by atoms with Gasteiger partial charge in [-0.2, -0.15) is 0 Å². The van der Waals surface area contributed by atoms with Crippen LogP contribution in [0.3, 0.4) is 0 Å². The molecule has 3 aromatic rings. The van der Waals surface area contributed by atoms with Gasteiger partial charge in [0.2, 0.25) is 0 Å². The van der Waals surface area contributed by atoms with Crippen molar-refractivity contribution in [2.24, 2.45) is 7.05 Å². The van der Waals surface area contributed by atoms with Crippen molar-refractivity contribution in [2.45, 2.75) is 19.9 Å². The van der Waals surface area contributed by atoms with Crippen LogP contribution in [0, 0.1) is 6.92 Å². The number of hydrogen-bond acceptors (Lipinski definition) is 3. The molecule has 27 heavy (non-hydrogen) atoms. The minimum atomic E-state index is -0.538. The molecule has 1 heterocycles. The van der Waals surface area contributed by atoms with E-state index in [1.807, 2.05) is 24.3 Å². The molecule has 2 aromatic carbocycles. The van der Waals surface area contributed by atoms with E-state index in [4.69, 9.17) is 5.21 Å². The van der Waals surface area contributed by atoms with Crippen LogP contribution in [0.15, 0.2) is 54.6 Å². The van der Waals surface area contributed by atoms with Crippen LogP contribution in [0.4, 0.5) is 0 Å². The summed E-state index contributed by atoms with van der Waals surface area (Å²) in [4.78, 5) is 11.0. The lowest BCUT2D eigenvalue weighted by Crippen LogP contribution is -2.16. The van der Waals surface area contributed by atoms with Crippen LogP contribution in [-0.4, -0.2) is 22.2 Å². The first-order chi connectivity index (χ1) is 13.1. The molecule has 0 spiro atoms. The van der Waals surface area contributed by atoms with Gasteiger partial charge in [-0.3, -0.25) is 10.0 Å². The molecule has 0 aliphatic heterocycles. The summed E-state index contributed by atoms with van der Waals surface area (Å²) in [5.41, 5.74) is 7.59. The average Bonchev–Trinajstić information content (AvgIpc) is 2.99. The lowest BCUT2D eigenvalue weighted by atomic mass is 10.1. The van der Waals surface area contributed by atoms with Gasteiger partial charge in [0.1, 0.15) is 0 Å². The summed E-state index contributed by atoms with van der Waals surface area (Å²) < 4.78 is 2.23. The van der Waals surface area contributed by atoms with Gasteiger partial charge in [-0.15, -0.1) is 0 Å². The maximum Gasteiger partial charge on any atom is 0.267 e. The van der Waals surface area contributed by atoms with Crippen molar-refractivity contribution in [1.29, 1.82) is 0 Å². The number of hydrogen-bond donors (Lipinski definition) is 3. The van der Waals surface area contributed by atoms with Crippen molar-refractivity contribution in [3.8, 4) is 0 Å². The van der Waals surface area contributed by atoms with Crippen LogP contribution in [0.2, 0.25) is 0 Å². The number of carbonyl (C=O) groups is 1. The van der Waals surface area contributed by atoms with Crippen LogP contribution in [0.25, 0.3) is 17.0 Å². The zero-order valence-electron chi connectivity index (χ0n) is 15.7. The van der Waals surface area contributed by atoms with E-state index in [0.29, 0.717) is 0 Å². The molecule has 1 amide bonds. The van der Waals surface area contributed by atoms with Crippen molar-refractivity contribution < 1.29 is 10.0 Å². The van der Waals surface area contributed by atoms with Crippen LogP contribution in [0.1, 0.15) is 22.4 Å². The van der Waals surface area contributed by atoms with E-state index < -0.39 is 5.91 Å². The predicted octanol–water partition coefficient (Wildman–Crippen LogP) is 3.34. The number of benzene rings is 2. The van der Waals surface area contributed by atoms with E-state index in [-0.39, 0.29) is 0 Å². The fourth-order valence-electron chi connectivity index (χ4n) is 3.18. The Morgan fingerprint density at radius 3 is 2.70 bits per heavy atom. The molecule has 140 valence electrons. The number of nitrogens with one attached hydrogen (secondary N) is 2. The highest BCUT2D eigenvalue weighted by atomic mass is 16.5. The molecular formula is C22H25N3O2. The van der Waals surface area contributed by atoms with Gasteiger partial charge in [0.25, 0.3) is 5.91 Å². The normalized spacial score (nSPS) is 11.4. The van der Waals surface area contributed by atoms with Crippen LogP contribution in [-0.2, 0) is 24.8 Å². The van der Waals surface area contributed by atoms with Gasteiger partial charge in [-0.25, -0.2) is 5.48 Å². The predicted molar refractivity (Wildman–Crippen MR) is 108 cm³/mol. The molecule has 1 aromatic heterocycles. The molecule has 3 rings (SSSR count). The average molecular weight is 363 g/mol. The van der Waals surface area contributed by atoms with Crippen molar-refractivity contribution in [3.63, 3.8) is 0 Å². The van der Waals surface area contributed by atoms with Crippen molar-refractivity contribution in [3.05, 3.63) is 77.0 Å². The molecule has 0 atom stereocenters. The topological polar surface area (TPSA) is 66.3 Å². The first kappa shape index (κ1) is 18.9. The van der Waals surface area contributed by atoms with Crippen LogP contribution in [0.5, 0.6) is 0 Å². The Labute approximate surface area is 159 Å². The molecule has 0 aliphatic carbocycles. The highest BCUT2D eigenvalue weighted by molar-refractivity contribution is 5.90. The standard InChI is InChI=1S/C22H25N3O2/c1-16-14-20-19(4-3-5-21(20)25(16)2)12-13-23-15-18-8-6-17(7-9-18)10-11-22(26)24-27/h3-11,14,23,27H,12-13,15H2,1-2H3,(H,24,26)/b11-10+. The summed E-state index contributed by atoms with van der Waals surface area (Å²) in [5, 5.41) is 13.3. The van der Waals surface area contributed by atoms with Gasteiger partial charge in [-0.1, -0.05) is 36.4 Å². The monoisotopic (exact) mass is 363 g/mol. The second-order valence-corrected chi connectivity index (χ2v) is 6.67. The highest BCUT2D eigenvalue weighted by Gasteiger charge is 2.06. The van der Waals surface area contributed by atoms with E-state index in [2.05, 4.69) is 48.1 Å². The molecule has 0 radical (unpaired) electrons. The Morgan fingerprint density at radius 1 is 1.19 bits per heavy atom. The smallest absolute Gasteiger partial charge is 0.267 e. The fraction of sp³-hybridized carbons (Fsp3) is 0.227. The molecule has 0 fully saturated rings. The third-order valence-electron chi connectivity index (χ3n) is 4.83. The number of fused-ring (bicyclic) bond motifs is 1. The van der Waals surface area contributed by atoms with Crippen molar-refractivity contribution in [2.75, 3.05) is 6.54 Å². The molecule has 0 saturated heterocycles. The van der Waals surface area contributed by atoms with Gasteiger partial charge in [0.05, 0.1) is 0 Å². The van der Waals surface area contributed by atoms with Crippen molar-refractivity contribution in [1.82, 2.24) is 15.4 Å². The number of rotatable bonds is 7. The third kappa shape index (κ3) is 4.64. The highest BCUT2D eigenvalue weighted by Crippen LogP contribution is 2.22. The van der Waals surface area contributed by atoms with E-state index in [1.165, 1.54) is 33.8 Å². The Balaban J connectivity index is 1.53. The molecule has 5 heteroatoms. The van der Waals surface area contributed by atoms with Crippen molar-refractivity contribution >= 4 is 22.9 Å².